The molecule has 2 aromatic rings. The first-order valence-electron chi connectivity index (χ1n) is 7.65. The minimum atomic E-state index is -0.590. The van der Waals surface area contributed by atoms with Crippen LogP contribution in [0.1, 0.15) is 17.2 Å². The number of hydrogen-bond donors (Lipinski definition) is 3. The molecule has 0 spiro atoms. The van der Waals surface area contributed by atoms with E-state index in [9.17, 15) is 9.59 Å². The first kappa shape index (κ1) is 18.2. The molecule has 2 heterocycles. The maximum Gasteiger partial charge on any atom is 0.338 e. The number of aromatic nitrogens is 2. The van der Waals surface area contributed by atoms with Crippen LogP contribution in [0.3, 0.4) is 0 Å². The molecule has 0 aliphatic carbocycles. The van der Waals surface area contributed by atoms with Gasteiger partial charge in [-0.3, -0.25) is 0 Å². The van der Waals surface area contributed by atoms with Gasteiger partial charge in [-0.1, -0.05) is 47.4 Å². The fourth-order valence-electron chi connectivity index (χ4n) is 2.64. The Bertz CT molecular complexity index is 880. The highest BCUT2D eigenvalue weighted by Gasteiger charge is 2.34. The van der Waals surface area contributed by atoms with Crippen LogP contribution in [-0.4, -0.2) is 35.1 Å². The van der Waals surface area contributed by atoms with Crippen LogP contribution in [0.15, 0.2) is 39.9 Å². The average molecular weight is 391 g/mol. The van der Waals surface area contributed by atoms with E-state index in [1.165, 1.54) is 30.2 Å². The number of nitrogens with two attached hydrogens (primary N) is 1. The van der Waals surface area contributed by atoms with Gasteiger partial charge < -0.3 is 21.1 Å². The Kier molecular flexibility index (Phi) is 5.43. The molecule has 1 aromatic carbocycles. The summed E-state index contributed by atoms with van der Waals surface area (Å²) in [5.41, 5.74) is 8.23. The summed E-state index contributed by atoms with van der Waals surface area (Å²) in [6, 6.07) is 6.61. The third-order valence-electron chi connectivity index (χ3n) is 3.82. The molecule has 2 amide bonds. The Balaban J connectivity index is 1.98. The van der Waals surface area contributed by atoms with E-state index in [0.29, 0.717) is 26.5 Å². The van der Waals surface area contributed by atoms with Crippen LogP contribution in [0.4, 0.5) is 9.93 Å². The van der Waals surface area contributed by atoms with Gasteiger partial charge >= 0.3 is 12.0 Å². The molecular weight excluding hydrogens is 374 g/mol. The van der Waals surface area contributed by atoms with Crippen LogP contribution in [0.25, 0.3) is 0 Å². The third-order valence-corrected chi connectivity index (χ3v) is 5.73. The van der Waals surface area contributed by atoms with E-state index >= 15 is 0 Å². The van der Waals surface area contributed by atoms with Crippen LogP contribution < -0.4 is 16.4 Å². The number of carbonyl (C=O) groups is 2. The Hall–Kier alpha value is -2.59. The van der Waals surface area contributed by atoms with Crippen LogP contribution in [-0.2, 0) is 9.53 Å². The number of carbonyl (C=O) groups excluding carboxylic acids is 2. The molecule has 26 heavy (non-hydrogen) atoms. The average Bonchev–Trinajstić information content (AvgIpc) is 3.04. The molecule has 0 radical (unpaired) electrons. The second-order valence-corrected chi connectivity index (χ2v) is 7.70. The lowest BCUT2D eigenvalue weighted by Gasteiger charge is -2.29. The van der Waals surface area contributed by atoms with Crippen molar-refractivity contribution in [2.75, 3.05) is 18.6 Å². The van der Waals surface area contributed by atoms with Gasteiger partial charge in [0, 0.05) is 11.4 Å². The minimum absolute atomic E-state index is 0.328. The zero-order valence-corrected chi connectivity index (χ0v) is 15.7. The largest absolute Gasteiger partial charge is 0.466 e. The first-order valence-corrected chi connectivity index (χ1v) is 9.46. The molecule has 136 valence electrons. The number of ether oxygens (including phenoxy) is 1. The molecule has 0 saturated heterocycles. The van der Waals surface area contributed by atoms with Crippen LogP contribution >= 0.6 is 23.1 Å². The van der Waals surface area contributed by atoms with Crippen molar-refractivity contribution >= 4 is 40.2 Å². The Morgan fingerprint density at radius 1 is 1.38 bits per heavy atom. The fraction of sp³-hybridized carbons (Fsp3) is 0.250. The van der Waals surface area contributed by atoms with Crippen molar-refractivity contribution in [1.82, 2.24) is 20.8 Å². The molecule has 0 bridgehead atoms. The van der Waals surface area contributed by atoms with E-state index in [4.69, 9.17) is 10.5 Å². The Morgan fingerprint density at radius 2 is 2.15 bits per heavy atom. The summed E-state index contributed by atoms with van der Waals surface area (Å²) < 4.78 is 5.61. The highest BCUT2D eigenvalue weighted by Crippen LogP contribution is 2.32. The van der Waals surface area contributed by atoms with E-state index in [2.05, 4.69) is 20.8 Å². The SMILES string of the molecule is COC(=O)C1=C(CSc2nnc(N)s2)NC(=O)N[C@H]1c1ccccc1C. The fourth-order valence-corrected chi connectivity index (χ4v) is 4.24. The van der Waals surface area contributed by atoms with Gasteiger partial charge in [0.05, 0.1) is 18.7 Å². The molecule has 0 saturated carbocycles. The minimum Gasteiger partial charge on any atom is -0.466 e. The lowest BCUT2D eigenvalue weighted by molar-refractivity contribution is -0.136. The number of urea groups is 1. The van der Waals surface area contributed by atoms with Crippen molar-refractivity contribution in [2.24, 2.45) is 0 Å². The molecular formula is C16H17N5O3S2. The van der Waals surface area contributed by atoms with E-state index in [0.717, 1.165) is 11.1 Å². The zero-order chi connectivity index (χ0) is 18.7. The van der Waals surface area contributed by atoms with Gasteiger partial charge in [-0.15, -0.1) is 10.2 Å². The quantitative estimate of drug-likeness (QED) is 0.527. The smallest absolute Gasteiger partial charge is 0.338 e. The maximum absolute atomic E-state index is 12.5. The van der Waals surface area contributed by atoms with Gasteiger partial charge in [-0.05, 0) is 18.1 Å². The number of nitrogens with one attached hydrogen (secondary N) is 2. The summed E-state index contributed by atoms with van der Waals surface area (Å²) in [6.07, 6.45) is 0. The van der Waals surface area contributed by atoms with Crippen molar-refractivity contribution in [2.45, 2.75) is 17.3 Å². The van der Waals surface area contributed by atoms with Gasteiger partial charge in [0.25, 0.3) is 0 Å². The molecule has 10 heteroatoms. The molecule has 3 rings (SSSR count). The highest BCUT2D eigenvalue weighted by atomic mass is 32.2. The summed E-state index contributed by atoms with van der Waals surface area (Å²) in [5.74, 6) is -0.173. The second kappa shape index (κ2) is 7.75. The van der Waals surface area contributed by atoms with Crippen molar-refractivity contribution in [1.29, 1.82) is 0 Å². The monoisotopic (exact) mass is 391 g/mol. The summed E-state index contributed by atoms with van der Waals surface area (Å²) in [7, 11) is 1.32. The number of rotatable bonds is 5. The predicted molar refractivity (Wildman–Crippen MR) is 99.7 cm³/mol. The highest BCUT2D eigenvalue weighted by molar-refractivity contribution is 8.01. The Morgan fingerprint density at radius 3 is 2.81 bits per heavy atom. The van der Waals surface area contributed by atoms with Crippen LogP contribution in [0.2, 0.25) is 0 Å². The van der Waals surface area contributed by atoms with Gasteiger partial charge in [0.2, 0.25) is 5.13 Å². The molecule has 1 atom stereocenters. The van der Waals surface area contributed by atoms with Gasteiger partial charge in [0.15, 0.2) is 4.34 Å². The van der Waals surface area contributed by atoms with Crippen molar-refractivity contribution in [3.05, 3.63) is 46.7 Å². The predicted octanol–water partition coefficient (Wildman–Crippen LogP) is 2.00. The summed E-state index contributed by atoms with van der Waals surface area (Å²) in [5, 5.41) is 13.6. The number of esters is 1. The molecule has 0 unspecified atom stereocenters. The lowest BCUT2D eigenvalue weighted by Crippen LogP contribution is -2.46. The van der Waals surface area contributed by atoms with Crippen molar-refractivity contribution in [3.8, 4) is 0 Å². The second-order valence-electron chi connectivity index (χ2n) is 5.47. The van der Waals surface area contributed by atoms with E-state index in [-0.39, 0.29) is 6.03 Å². The number of aryl methyl sites for hydroxylation is 1. The summed E-state index contributed by atoms with van der Waals surface area (Å²) in [6.45, 7) is 1.93. The number of benzene rings is 1. The van der Waals surface area contributed by atoms with Crippen LogP contribution in [0, 0.1) is 6.92 Å². The van der Waals surface area contributed by atoms with Gasteiger partial charge in [-0.2, -0.15) is 0 Å². The first-order chi connectivity index (χ1) is 12.5. The number of nitrogen functional groups attached to an aromatic ring is 1. The lowest BCUT2D eigenvalue weighted by atomic mass is 9.92. The summed E-state index contributed by atoms with van der Waals surface area (Å²) >= 11 is 2.58. The topological polar surface area (TPSA) is 119 Å². The molecule has 1 aromatic heterocycles. The molecule has 1 aliphatic rings. The number of anilines is 1. The third kappa shape index (κ3) is 3.81. The van der Waals surface area contributed by atoms with Crippen molar-refractivity contribution < 1.29 is 14.3 Å². The van der Waals surface area contributed by atoms with Crippen molar-refractivity contribution in [3.63, 3.8) is 0 Å². The van der Waals surface area contributed by atoms with Gasteiger partial charge in [-0.25, -0.2) is 9.59 Å². The molecule has 1 aliphatic heterocycles. The maximum atomic E-state index is 12.5. The number of amides is 2. The number of methoxy groups -OCH3 is 1. The standard InChI is InChI=1S/C16H17N5O3S2/c1-8-5-3-4-6-9(8)12-11(13(22)24-2)10(18-15(23)19-12)7-25-16-21-20-14(17)26-16/h3-6,12H,7H2,1-2H3,(H2,17,20)(H2,18,19,23)/t12-/m0/s1. The molecule has 0 fully saturated rings. The number of thioether (sulfide) groups is 1. The number of hydrogen-bond acceptors (Lipinski definition) is 8. The summed E-state index contributed by atoms with van der Waals surface area (Å²) in [4.78, 5) is 24.6. The van der Waals surface area contributed by atoms with E-state index in [1.54, 1.807) is 0 Å². The van der Waals surface area contributed by atoms with E-state index in [1.807, 2.05) is 31.2 Å². The Labute approximate surface area is 158 Å². The zero-order valence-electron chi connectivity index (χ0n) is 14.1. The van der Waals surface area contributed by atoms with Crippen LogP contribution in [0.5, 0.6) is 0 Å². The van der Waals surface area contributed by atoms with Gasteiger partial charge in [0.1, 0.15) is 0 Å². The molecule has 8 nitrogen and oxygen atoms in total. The normalized spacial score (nSPS) is 16.8. The number of nitrogens with zero attached hydrogens (tertiary/aromatic N) is 2. The molecule has 4 N–H and O–H groups in total. The van der Waals surface area contributed by atoms with E-state index < -0.39 is 12.0 Å².